The predicted molar refractivity (Wildman–Crippen MR) is 83.0 cm³/mol. The van der Waals surface area contributed by atoms with Crippen LogP contribution in [0.4, 0.5) is 11.4 Å². The minimum Gasteiger partial charge on any atom is -0.484 e. The number of hydrogen-bond donors (Lipinski definition) is 1. The number of carbonyl (C=O) groups excluding carboxylic acids is 1. The van der Waals surface area contributed by atoms with Crippen molar-refractivity contribution in [3.05, 3.63) is 64.2 Å². The van der Waals surface area contributed by atoms with Gasteiger partial charge in [0.15, 0.2) is 6.61 Å². The Balaban J connectivity index is 1.88. The topological polar surface area (TPSA) is 81.5 Å². The molecule has 0 spiro atoms. The van der Waals surface area contributed by atoms with Crippen LogP contribution in [0.1, 0.15) is 12.5 Å². The van der Waals surface area contributed by atoms with Gasteiger partial charge >= 0.3 is 0 Å². The first-order valence-corrected chi connectivity index (χ1v) is 6.84. The fourth-order valence-corrected chi connectivity index (χ4v) is 1.88. The fraction of sp³-hybridized carbons (Fsp3) is 0.188. The zero-order chi connectivity index (χ0) is 15.9. The summed E-state index contributed by atoms with van der Waals surface area (Å²) in [4.78, 5) is 21.9. The van der Waals surface area contributed by atoms with Crippen molar-refractivity contribution in [2.24, 2.45) is 0 Å². The largest absolute Gasteiger partial charge is 0.484 e. The van der Waals surface area contributed by atoms with E-state index in [0.29, 0.717) is 5.75 Å². The highest BCUT2D eigenvalue weighted by Crippen LogP contribution is 2.17. The highest BCUT2D eigenvalue weighted by atomic mass is 16.6. The summed E-state index contributed by atoms with van der Waals surface area (Å²) < 4.78 is 5.30. The molecule has 6 heteroatoms. The molecule has 2 rings (SSSR count). The molecule has 114 valence electrons. The Morgan fingerprint density at radius 1 is 1.23 bits per heavy atom. The van der Waals surface area contributed by atoms with E-state index < -0.39 is 4.92 Å². The molecule has 0 heterocycles. The van der Waals surface area contributed by atoms with Crippen molar-refractivity contribution in [3.8, 4) is 5.75 Å². The summed E-state index contributed by atoms with van der Waals surface area (Å²) in [6.45, 7) is 1.88. The molecule has 6 nitrogen and oxygen atoms in total. The first kappa shape index (κ1) is 15.5. The van der Waals surface area contributed by atoms with E-state index in [9.17, 15) is 14.9 Å². The maximum absolute atomic E-state index is 11.8. The van der Waals surface area contributed by atoms with Crippen LogP contribution in [0.15, 0.2) is 48.5 Å². The van der Waals surface area contributed by atoms with E-state index in [1.54, 1.807) is 0 Å². The predicted octanol–water partition coefficient (Wildman–Crippen LogP) is 3.17. The molecule has 0 bridgehead atoms. The Morgan fingerprint density at radius 2 is 1.95 bits per heavy atom. The minimum absolute atomic E-state index is 0.0202. The number of nitrogens with zero attached hydrogens (tertiary/aromatic N) is 1. The van der Waals surface area contributed by atoms with Gasteiger partial charge in [-0.25, -0.2) is 0 Å². The molecule has 0 aromatic heterocycles. The SMILES string of the molecule is CCc1cccc(NC(=O)COc2ccc([N+](=O)[O-])cc2)c1. The third kappa shape index (κ3) is 4.31. The molecule has 22 heavy (non-hydrogen) atoms. The molecule has 0 atom stereocenters. The molecule has 0 aliphatic rings. The van der Waals surface area contributed by atoms with Crippen LogP contribution >= 0.6 is 0 Å². The minimum atomic E-state index is -0.489. The van der Waals surface area contributed by atoms with Gasteiger partial charge in [-0.3, -0.25) is 14.9 Å². The van der Waals surface area contributed by atoms with Crippen LogP contribution < -0.4 is 10.1 Å². The van der Waals surface area contributed by atoms with Crippen molar-refractivity contribution in [1.29, 1.82) is 0 Å². The van der Waals surface area contributed by atoms with E-state index in [0.717, 1.165) is 17.7 Å². The molecule has 0 radical (unpaired) electrons. The number of non-ortho nitro benzene ring substituents is 1. The van der Waals surface area contributed by atoms with E-state index in [2.05, 4.69) is 5.32 Å². The number of ether oxygens (including phenoxy) is 1. The summed E-state index contributed by atoms with van der Waals surface area (Å²) in [7, 11) is 0. The molecule has 0 saturated heterocycles. The quantitative estimate of drug-likeness (QED) is 0.656. The summed E-state index contributed by atoms with van der Waals surface area (Å²) in [5, 5.41) is 13.3. The molecule has 0 aliphatic carbocycles. The molecule has 2 aromatic rings. The third-order valence-electron chi connectivity index (χ3n) is 3.04. The molecular weight excluding hydrogens is 284 g/mol. The lowest BCUT2D eigenvalue weighted by Crippen LogP contribution is -2.20. The second-order valence-electron chi connectivity index (χ2n) is 4.64. The van der Waals surface area contributed by atoms with Crippen molar-refractivity contribution in [1.82, 2.24) is 0 Å². The van der Waals surface area contributed by atoms with Gasteiger partial charge < -0.3 is 10.1 Å². The van der Waals surface area contributed by atoms with Crippen LogP contribution in [0.2, 0.25) is 0 Å². The molecule has 2 aromatic carbocycles. The highest BCUT2D eigenvalue weighted by molar-refractivity contribution is 5.91. The second kappa shape index (κ2) is 7.21. The number of hydrogen-bond acceptors (Lipinski definition) is 4. The number of nitrogens with one attached hydrogen (secondary N) is 1. The Bertz CT molecular complexity index is 668. The van der Waals surface area contributed by atoms with Gasteiger partial charge in [-0.1, -0.05) is 19.1 Å². The lowest BCUT2D eigenvalue weighted by atomic mass is 10.1. The summed E-state index contributed by atoms with van der Waals surface area (Å²) in [5.41, 5.74) is 1.83. The number of nitro groups is 1. The molecule has 0 aliphatic heterocycles. The molecule has 0 unspecified atom stereocenters. The smallest absolute Gasteiger partial charge is 0.269 e. The van der Waals surface area contributed by atoms with E-state index in [1.165, 1.54) is 24.3 Å². The lowest BCUT2D eigenvalue weighted by molar-refractivity contribution is -0.384. The van der Waals surface area contributed by atoms with Crippen LogP contribution in [0, 0.1) is 10.1 Å². The summed E-state index contributed by atoms with van der Waals surface area (Å²) in [6, 6.07) is 13.2. The Morgan fingerprint density at radius 3 is 2.59 bits per heavy atom. The maximum atomic E-state index is 11.8. The Hall–Kier alpha value is -2.89. The summed E-state index contributed by atoms with van der Waals surface area (Å²) in [6.07, 6.45) is 0.892. The zero-order valence-corrected chi connectivity index (χ0v) is 12.1. The lowest BCUT2D eigenvalue weighted by Gasteiger charge is -2.08. The first-order valence-electron chi connectivity index (χ1n) is 6.84. The number of rotatable bonds is 6. The van der Waals surface area contributed by atoms with Gasteiger partial charge in [-0.2, -0.15) is 0 Å². The number of aryl methyl sites for hydroxylation is 1. The molecule has 0 fully saturated rings. The standard InChI is InChI=1S/C16H16N2O4/c1-2-12-4-3-5-13(10-12)17-16(19)11-22-15-8-6-14(7-9-15)18(20)21/h3-10H,2,11H2,1H3,(H,17,19). The van der Waals surface area contributed by atoms with Crippen LogP contribution in [-0.2, 0) is 11.2 Å². The number of anilines is 1. The number of nitro benzene ring substituents is 1. The zero-order valence-electron chi connectivity index (χ0n) is 12.1. The van der Waals surface area contributed by atoms with Gasteiger partial charge in [0.1, 0.15) is 5.75 Å². The maximum Gasteiger partial charge on any atom is 0.269 e. The highest BCUT2D eigenvalue weighted by Gasteiger charge is 2.07. The van der Waals surface area contributed by atoms with Gasteiger partial charge in [0, 0.05) is 17.8 Å². The van der Waals surface area contributed by atoms with Gasteiger partial charge in [0.2, 0.25) is 0 Å². The summed E-state index contributed by atoms with van der Waals surface area (Å²) in [5.74, 6) is 0.120. The van der Waals surface area contributed by atoms with Crippen LogP contribution in [0.25, 0.3) is 0 Å². The average molecular weight is 300 g/mol. The Labute approximate surface area is 127 Å². The second-order valence-corrected chi connectivity index (χ2v) is 4.64. The van der Waals surface area contributed by atoms with E-state index >= 15 is 0 Å². The average Bonchev–Trinajstić information content (AvgIpc) is 2.53. The van der Waals surface area contributed by atoms with Crippen LogP contribution in [-0.4, -0.2) is 17.4 Å². The normalized spacial score (nSPS) is 10.0. The molecule has 1 amide bonds. The van der Waals surface area contributed by atoms with E-state index in [-0.39, 0.29) is 18.2 Å². The molecular formula is C16H16N2O4. The van der Waals surface area contributed by atoms with Gasteiger partial charge in [0.25, 0.3) is 11.6 Å². The number of benzene rings is 2. The van der Waals surface area contributed by atoms with Crippen molar-refractivity contribution in [2.75, 3.05) is 11.9 Å². The van der Waals surface area contributed by atoms with Crippen molar-refractivity contribution in [3.63, 3.8) is 0 Å². The van der Waals surface area contributed by atoms with E-state index in [1.807, 2.05) is 31.2 Å². The van der Waals surface area contributed by atoms with Gasteiger partial charge in [0.05, 0.1) is 4.92 Å². The van der Waals surface area contributed by atoms with Gasteiger partial charge in [-0.05, 0) is 36.2 Å². The first-order chi connectivity index (χ1) is 10.6. The Kier molecular flexibility index (Phi) is 5.08. The van der Waals surface area contributed by atoms with Gasteiger partial charge in [-0.15, -0.1) is 0 Å². The number of amides is 1. The van der Waals surface area contributed by atoms with Crippen molar-refractivity contribution >= 4 is 17.3 Å². The van der Waals surface area contributed by atoms with Crippen molar-refractivity contribution in [2.45, 2.75) is 13.3 Å². The third-order valence-corrected chi connectivity index (χ3v) is 3.04. The van der Waals surface area contributed by atoms with Crippen LogP contribution in [0.5, 0.6) is 5.75 Å². The van der Waals surface area contributed by atoms with Crippen LogP contribution in [0.3, 0.4) is 0 Å². The molecule has 1 N–H and O–H groups in total. The number of carbonyl (C=O) groups is 1. The van der Waals surface area contributed by atoms with E-state index in [4.69, 9.17) is 4.74 Å². The monoisotopic (exact) mass is 300 g/mol. The fourth-order valence-electron chi connectivity index (χ4n) is 1.88. The van der Waals surface area contributed by atoms with Crippen molar-refractivity contribution < 1.29 is 14.5 Å². The summed E-state index contributed by atoms with van der Waals surface area (Å²) >= 11 is 0. The molecule has 0 saturated carbocycles.